The topological polar surface area (TPSA) is 97.0 Å². The molecule has 3 aromatic rings. The summed E-state index contributed by atoms with van der Waals surface area (Å²) in [6.45, 7) is 1.83. The average Bonchev–Trinajstić information content (AvgIpc) is 3.17. The molecular weight excluding hydrogens is 394 g/mol. The van der Waals surface area contributed by atoms with Gasteiger partial charge >= 0.3 is 0 Å². The highest BCUT2D eigenvalue weighted by Gasteiger charge is 2.26. The molecule has 1 heterocycles. The van der Waals surface area contributed by atoms with Crippen molar-refractivity contribution in [1.29, 1.82) is 0 Å². The first-order valence-electron chi connectivity index (χ1n) is 8.90. The smallest absolute Gasteiger partial charge is 0.256 e. The zero-order valence-electron chi connectivity index (χ0n) is 15.9. The van der Waals surface area contributed by atoms with Crippen molar-refractivity contribution in [3.8, 4) is 11.5 Å². The second-order valence-electron chi connectivity index (χ2n) is 6.19. The minimum Gasteiger partial charge on any atom is -0.437 e. The van der Waals surface area contributed by atoms with E-state index in [1.807, 2.05) is 49.4 Å². The summed E-state index contributed by atoms with van der Waals surface area (Å²) in [6, 6.07) is 16.4. The zero-order valence-corrected chi connectivity index (χ0v) is 16.6. The second kappa shape index (κ2) is 9.36. The minimum atomic E-state index is -1.53. The Morgan fingerprint density at radius 1 is 1.24 bits per heavy atom. The van der Waals surface area contributed by atoms with Crippen molar-refractivity contribution < 1.29 is 19.2 Å². The van der Waals surface area contributed by atoms with E-state index in [1.165, 1.54) is 13.3 Å². The molecule has 0 saturated carbocycles. The molecule has 2 aromatic carbocycles. The molecule has 2 unspecified atom stereocenters. The molecule has 0 saturated heterocycles. The third-order valence-electron chi connectivity index (χ3n) is 4.18. The summed E-state index contributed by atoms with van der Waals surface area (Å²) in [6.07, 6.45) is -0.555. The standard InChI is InChI=1S/C21H20ClN3O4/c1-13(14-8-10-16(22)11-9-14)29-24-12-17-19(18(26)20(27)23-2)28-21(25-17)15-6-4-3-5-7-15/h3-13,18,26H,1-2H3,(H,23,27). The summed E-state index contributed by atoms with van der Waals surface area (Å²) in [5.41, 5.74) is 1.79. The number of aliphatic hydroxyl groups is 1. The average molecular weight is 414 g/mol. The lowest BCUT2D eigenvalue weighted by Crippen LogP contribution is -2.25. The maximum atomic E-state index is 11.9. The Morgan fingerprint density at radius 2 is 1.93 bits per heavy atom. The SMILES string of the molecule is CNC(=O)C(O)c1oc(-c2ccccc2)nc1C=NOC(C)c1ccc(Cl)cc1. The van der Waals surface area contributed by atoms with Crippen LogP contribution >= 0.6 is 11.6 Å². The van der Waals surface area contributed by atoms with Crippen LogP contribution in [0.5, 0.6) is 0 Å². The number of hydrogen-bond acceptors (Lipinski definition) is 6. The molecule has 2 N–H and O–H groups in total. The van der Waals surface area contributed by atoms with Crippen molar-refractivity contribution in [2.24, 2.45) is 5.16 Å². The molecule has 150 valence electrons. The van der Waals surface area contributed by atoms with E-state index < -0.39 is 12.0 Å². The van der Waals surface area contributed by atoms with Gasteiger partial charge in [-0.25, -0.2) is 4.98 Å². The number of oxazole rings is 1. The summed E-state index contributed by atoms with van der Waals surface area (Å²) in [5.74, 6) is -0.378. The van der Waals surface area contributed by atoms with Gasteiger partial charge in [-0.2, -0.15) is 0 Å². The fourth-order valence-electron chi connectivity index (χ4n) is 2.56. The number of aromatic nitrogens is 1. The number of likely N-dealkylation sites (N-methyl/N-ethyl adjacent to an activating group) is 1. The normalized spacial score (nSPS) is 13.2. The Morgan fingerprint density at radius 3 is 2.59 bits per heavy atom. The number of amides is 1. The van der Waals surface area contributed by atoms with Crippen molar-refractivity contribution >= 4 is 23.7 Å². The fourth-order valence-corrected chi connectivity index (χ4v) is 2.68. The van der Waals surface area contributed by atoms with E-state index in [9.17, 15) is 9.90 Å². The van der Waals surface area contributed by atoms with Crippen molar-refractivity contribution in [1.82, 2.24) is 10.3 Å². The Bertz CT molecular complexity index is 987. The van der Waals surface area contributed by atoms with E-state index in [4.69, 9.17) is 20.9 Å². The van der Waals surface area contributed by atoms with Gasteiger partial charge in [0.1, 0.15) is 11.8 Å². The van der Waals surface area contributed by atoms with E-state index in [-0.39, 0.29) is 23.4 Å². The maximum absolute atomic E-state index is 11.9. The Balaban J connectivity index is 1.84. The van der Waals surface area contributed by atoms with E-state index in [2.05, 4.69) is 15.5 Å². The Kier molecular flexibility index (Phi) is 6.64. The molecule has 0 aliphatic carbocycles. The molecule has 0 aliphatic rings. The van der Waals surface area contributed by atoms with Crippen molar-refractivity contribution in [2.75, 3.05) is 7.05 Å². The molecule has 0 bridgehead atoms. The molecule has 29 heavy (non-hydrogen) atoms. The van der Waals surface area contributed by atoms with Crippen molar-refractivity contribution in [3.63, 3.8) is 0 Å². The molecule has 0 spiro atoms. The van der Waals surface area contributed by atoms with Crippen LogP contribution in [0.2, 0.25) is 5.02 Å². The number of benzene rings is 2. The number of carbonyl (C=O) groups is 1. The molecule has 1 aromatic heterocycles. The lowest BCUT2D eigenvalue weighted by atomic mass is 10.1. The number of aliphatic hydroxyl groups excluding tert-OH is 1. The van der Waals surface area contributed by atoms with Gasteiger partial charge in [0.05, 0.1) is 6.21 Å². The zero-order chi connectivity index (χ0) is 20.8. The predicted octanol–water partition coefficient (Wildman–Crippen LogP) is 3.89. The number of nitrogens with zero attached hydrogens (tertiary/aromatic N) is 2. The van der Waals surface area contributed by atoms with Crippen LogP contribution in [0.1, 0.15) is 36.1 Å². The molecular formula is C21H20ClN3O4. The van der Waals surface area contributed by atoms with E-state index in [0.29, 0.717) is 10.6 Å². The van der Waals surface area contributed by atoms with Crippen LogP contribution in [-0.4, -0.2) is 29.3 Å². The lowest BCUT2D eigenvalue weighted by Gasteiger charge is -2.09. The summed E-state index contributed by atoms with van der Waals surface area (Å²) in [4.78, 5) is 21.7. The van der Waals surface area contributed by atoms with Crippen LogP contribution in [0, 0.1) is 0 Å². The number of nitrogens with one attached hydrogen (secondary N) is 1. The van der Waals surface area contributed by atoms with Gasteiger partial charge in [-0.1, -0.05) is 47.1 Å². The van der Waals surface area contributed by atoms with E-state index in [1.54, 1.807) is 12.1 Å². The van der Waals surface area contributed by atoms with Crippen molar-refractivity contribution in [3.05, 3.63) is 76.6 Å². The molecule has 3 rings (SSSR count). The monoisotopic (exact) mass is 413 g/mol. The van der Waals surface area contributed by atoms with Crippen molar-refractivity contribution in [2.45, 2.75) is 19.1 Å². The number of carbonyl (C=O) groups excluding carboxylic acids is 1. The summed E-state index contributed by atoms with van der Waals surface area (Å²) in [5, 5.41) is 17.2. The van der Waals surface area contributed by atoms with Gasteiger partial charge in [0, 0.05) is 17.6 Å². The predicted molar refractivity (Wildman–Crippen MR) is 110 cm³/mol. The summed E-state index contributed by atoms with van der Waals surface area (Å²) < 4.78 is 5.66. The first-order chi connectivity index (χ1) is 14.0. The third-order valence-corrected chi connectivity index (χ3v) is 4.43. The third kappa shape index (κ3) is 5.01. The Labute approximate surface area is 173 Å². The van der Waals surface area contributed by atoms with Crippen LogP contribution in [0.25, 0.3) is 11.5 Å². The number of oxime groups is 1. The second-order valence-corrected chi connectivity index (χ2v) is 6.62. The molecule has 2 atom stereocenters. The van der Waals surface area contributed by atoms with Crippen LogP contribution in [-0.2, 0) is 9.63 Å². The van der Waals surface area contributed by atoms with Gasteiger partial charge in [-0.15, -0.1) is 0 Å². The maximum Gasteiger partial charge on any atom is 0.256 e. The minimum absolute atomic E-state index is 0.0188. The summed E-state index contributed by atoms with van der Waals surface area (Å²) >= 11 is 5.89. The number of rotatable bonds is 7. The highest BCUT2D eigenvalue weighted by molar-refractivity contribution is 6.30. The molecule has 0 fully saturated rings. The van der Waals surface area contributed by atoms with E-state index in [0.717, 1.165) is 5.56 Å². The van der Waals surface area contributed by atoms with E-state index >= 15 is 0 Å². The molecule has 1 amide bonds. The van der Waals surface area contributed by atoms with Crippen LogP contribution in [0.3, 0.4) is 0 Å². The van der Waals surface area contributed by atoms with Gasteiger partial charge in [-0.3, -0.25) is 4.79 Å². The highest BCUT2D eigenvalue weighted by Crippen LogP contribution is 2.26. The molecule has 0 radical (unpaired) electrons. The highest BCUT2D eigenvalue weighted by atomic mass is 35.5. The number of hydrogen-bond donors (Lipinski definition) is 2. The van der Waals surface area contributed by atoms with Crippen LogP contribution in [0.15, 0.2) is 64.2 Å². The number of halogens is 1. The fraction of sp³-hybridized carbons (Fsp3) is 0.190. The molecule has 7 nitrogen and oxygen atoms in total. The molecule has 0 aliphatic heterocycles. The van der Waals surface area contributed by atoms with Gasteiger partial charge in [-0.05, 0) is 36.8 Å². The van der Waals surface area contributed by atoms with Gasteiger partial charge < -0.3 is 19.7 Å². The first-order valence-corrected chi connectivity index (χ1v) is 9.28. The Hall–Kier alpha value is -3.16. The van der Waals surface area contributed by atoms with Crippen LogP contribution < -0.4 is 5.32 Å². The van der Waals surface area contributed by atoms with Gasteiger partial charge in [0.25, 0.3) is 5.91 Å². The van der Waals surface area contributed by atoms with Gasteiger partial charge in [0.2, 0.25) is 5.89 Å². The first kappa shape index (κ1) is 20.6. The summed E-state index contributed by atoms with van der Waals surface area (Å²) in [7, 11) is 1.42. The molecule has 8 heteroatoms. The van der Waals surface area contributed by atoms with Gasteiger partial charge in [0.15, 0.2) is 11.9 Å². The lowest BCUT2D eigenvalue weighted by molar-refractivity contribution is -0.129. The van der Waals surface area contributed by atoms with Crippen LogP contribution in [0.4, 0.5) is 0 Å². The quantitative estimate of drug-likeness (QED) is 0.452. The largest absolute Gasteiger partial charge is 0.437 e.